The number of nitrogens with zero attached hydrogens (tertiary/aromatic N) is 5. The average Bonchev–Trinajstić information content (AvgIpc) is 3.32. The van der Waals surface area contributed by atoms with Gasteiger partial charge in [-0.1, -0.05) is 18.2 Å². The molecule has 0 unspecified atom stereocenters. The first kappa shape index (κ1) is 16.0. The third-order valence-corrected chi connectivity index (χ3v) is 4.34. The van der Waals surface area contributed by atoms with Crippen LogP contribution in [0.15, 0.2) is 46.9 Å². The van der Waals surface area contributed by atoms with Gasteiger partial charge in [-0.05, 0) is 48.5 Å². The van der Waals surface area contributed by atoms with Crippen molar-refractivity contribution in [2.24, 2.45) is 0 Å². The molecule has 3 heterocycles. The van der Waals surface area contributed by atoms with Crippen molar-refractivity contribution in [3.8, 4) is 5.69 Å². The van der Waals surface area contributed by atoms with Crippen LogP contribution in [0, 0.1) is 6.92 Å². The number of aromatic nitrogens is 4. The summed E-state index contributed by atoms with van der Waals surface area (Å²) in [4.78, 5) is 26.4. The minimum atomic E-state index is -1.25. The molecule has 0 radical (unpaired) electrons. The molecule has 26 heavy (non-hydrogen) atoms. The van der Waals surface area contributed by atoms with E-state index in [0.717, 1.165) is 10.6 Å². The molecular weight excluding hydrogens is 336 g/mol. The zero-order chi connectivity index (χ0) is 18.3. The van der Waals surface area contributed by atoms with Crippen molar-refractivity contribution in [2.45, 2.75) is 25.9 Å². The Kier molecular flexibility index (Phi) is 3.57. The van der Waals surface area contributed by atoms with E-state index in [0.29, 0.717) is 17.3 Å². The number of carbonyl (C=O) groups is 2. The molecule has 3 amide bonds. The molecule has 3 aromatic rings. The SMILES string of the molecule is Cc1ccc([C@@]2(C)NC(=O)N(Cc3nnnn3-c3ccccc3)C2=O)o1. The predicted octanol–water partition coefficient (Wildman–Crippen LogP) is 1.53. The molecule has 0 spiro atoms. The largest absolute Gasteiger partial charge is 0.463 e. The van der Waals surface area contributed by atoms with Crippen LogP contribution in [0.1, 0.15) is 24.3 Å². The predicted molar refractivity (Wildman–Crippen MR) is 89.0 cm³/mol. The Morgan fingerprint density at radius 1 is 1.15 bits per heavy atom. The third-order valence-electron chi connectivity index (χ3n) is 4.34. The second-order valence-electron chi connectivity index (χ2n) is 6.20. The molecule has 9 nitrogen and oxygen atoms in total. The van der Waals surface area contributed by atoms with Crippen LogP contribution in [-0.2, 0) is 16.9 Å². The van der Waals surface area contributed by atoms with Crippen molar-refractivity contribution in [1.82, 2.24) is 30.4 Å². The second-order valence-corrected chi connectivity index (χ2v) is 6.20. The van der Waals surface area contributed by atoms with E-state index in [2.05, 4.69) is 20.8 Å². The van der Waals surface area contributed by atoms with Crippen molar-refractivity contribution < 1.29 is 14.0 Å². The van der Waals surface area contributed by atoms with Gasteiger partial charge in [-0.15, -0.1) is 5.10 Å². The van der Waals surface area contributed by atoms with Crippen LogP contribution >= 0.6 is 0 Å². The minimum Gasteiger partial charge on any atom is -0.463 e. The standard InChI is InChI=1S/C17H16N6O3/c1-11-8-9-13(26-11)17(2)15(24)22(16(25)18-17)10-14-19-20-21-23(14)12-6-4-3-5-7-12/h3-9H,10H2,1-2H3,(H,18,25)/t17-/m1/s1. The van der Waals surface area contributed by atoms with Crippen molar-refractivity contribution in [3.63, 3.8) is 0 Å². The zero-order valence-corrected chi connectivity index (χ0v) is 14.2. The first-order valence-corrected chi connectivity index (χ1v) is 8.03. The lowest BCUT2D eigenvalue weighted by molar-refractivity contribution is -0.132. The van der Waals surface area contributed by atoms with Crippen LogP contribution in [0.3, 0.4) is 0 Å². The number of amides is 3. The molecule has 0 bridgehead atoms. The van der Waals surface area contributed by atoms with Gasteiger partial charge in [0.2, 0.25) is 0 Å². The summed E-state index contributed by atoms with van der Waals surface area (Å²) in [5.41, 5.74) is -0.514. The number of nitrogens with one attached hydrogen (secondary N) is 1. The maximum Gasteiger partial charge on any atom is 0.325 e. The van der Waals surface area contributed by atoms with Crippen LogP contribution < -0.4 is 5.32 Å². The van der Waals surface area contributed by atoms with E-state index in [4.69, 9.17) is 4.42 Å². The normalized spacial score (nSPS) is 19.8. The third kappa shape index (κ3) is 2.44. The lowest BCUT2D eigenvalue weighted by Crippen LogP contribution is -2.40. The van der Waals surface area contributed by atoms with Gasteiger partial charge in [-0.2, -0.15) is 4.68 Å². The Hall–Kier alpha value is -3.49. The molecule has 1 aromatic carbocycles. The van der Waals surface area contributed by atoms with Crippen molar-refractivity contribution in [2.75, 3.05) is 0 Å². The first-order chi connectivity index (χ1) is 12.5. The number of para-hydroxylation sites is 1. The molecule has 1 N–H and O–H groups in total. The highest BCUT2D eigenvalue weighted by atomic mass is 16.3. The molecule has 9 heteroatoms. The van der Waals surface area contributed by atoms with Crippen LogP contribution in [0.2, 0.25) is 0 Å². The molecule has 0 aliphatic carbocycles. The van der Waals surface area contributed by atoms with Crippen molar-refractivity contribution in [1.29, 1.82) is 0 Å². The van der Waals surface area contributed by atoms with Gasteiger partial charge in [-0.25, -0.2) is 4.79 Å². The monoisotopic (exact) mass is 352 g/mol. The average molecular weight is 352 g/mol. The summed E-state index contributed by atoms with van der Waals surface area (Å²) in [7, 11) is 0. The lowest BCUT2D eigenvalue weighted by atomic mass is 9.99. The molecular formula is C17H16N6O3. The quantitative estimate of drug-likeness (QED) is 0.714. The summed E-state index contributed by atoms with van der Waals surface area (Å²) in [5, 5.41) is 14.3. The summed E-state index contributed by atoms with van der Waals surface area (Å²) in [6.07, 6.45) is 0. The van der Waals surface area contributed by atoms with Crippen LogP contribution in [0.4, 0.5) is 4.79 Å². The van der Waals surface area contributed by atoms with E-state index in [1.165, 1.54) is 4.68 Å². The molecule has 1 saturated heterocycles. The minimum absolute atomic E-state index is 0.0537. The summed E-state index contributed by atoms with van der Waals surface area (Å²) in [5.74, 6) is 1.01. The van der Waals surface area contributed by atoms with Gasteiger partial charge in [0, 0.05) is 0 Å². The highest BCUT2D eigenvalue weighted by molar-refractivity contribution is 6.06. The van der Waals surface area contributed by atoms with Gasteiger partial charge in [0.15, 0.2) is 11.4 Å². The number of urea groups is 1. The fourth-order valence-corrected chi connectivity index (χ4v) is 2.93. The molecule has 1 atom stereocenters. The van der Waals surface area contributed by atoms with Gasteiger partial charge in [0.25, 0.3) is 5.91 Å². The smallest absolute Gasteiger partial charge is 0.325 e. The molecule has 0 saturated carbocycles. The number of benzene rings is 1. The van der Waals surface area contributed by atoms with Crippen molar-refractivity contribution >= 4 is 11.9 Å². The number of rotatable bonds is 4. The highest BCUT2D eigenvalue weighted by Crippen LogP contribution is 2.30. The Bertz CT molecular complexity index is 979. The summed E-state index contributed by atoms with van der Waals surface area (Å²) >= 11 is 0. The van der Waals surface area contributed by atoms with E-state index < -0.39 is 17.5 Å². The number of hydrogen-bond donors (Lipinski definition) is 1. The Morgan fingerprint density at radius 2 is 1.92 bits per heavy atom. The number of aryl methyl sites for hydroxylation is 1. The summed E-state index contributed by atoms with van der Waals surface area (Å²) < 4.78 is 7.05. The van der Waals surface area contributed by atoms with Gasteiger partial charge in [0.05, 0.1) is 12.2 Å². The summed E-state index contributed by atoms with van der Waals surface area (Å²) in [6.45, 7) is 3.34. The number of imide groups is 1. The Morgan fingerprint density at radius 3 is 2.62 bits per heavy atom. The molecule has 132 valence electrons. The Balaban J connectivity index is 1.63. The van der Waals surface area contributed by atoms with E-state index in [9.17, 15) is 9.59 Å². The van der Waals surface area contributed by atoms with Crippen LogP contribution in [-0.4, -0.2) is 37.0 Å². The van der Waals surface area contributed by atoms with Crippen LogP contribution in [0.25, 0.3) is 5.69 Å². The number of tetrazole rings is 1. The van der Waals surface area contributed by atoms with E-state index in [1.807, 2.05) is 30.3 Å². The Labute approximate surface area is 148 Å². The lowest BCUT2D eigenvalue weighted by Gasteiger charge is -2.19. The highest BCUT2D eigenvalue weighted by Gasteiger charge is 2.51. The van der Waals surface area contributed by atoms with Crippen molar-refractivity contribution in [3.05, 3.63) is 59.8 Å². The molecule has 1 aliphatic heterocycles. The number of hydrogen-bond acceptors (Lipinski definition) is 6. The van der Waals surface area contributed by atoms with Gasteiger partial charge >= 0.3 is 6.03 Å². The number of furan rings is 1. The van der Waals surface area contributed by atoms with E-state index in [-0.39, 0.29) is 6.54 Å². The van der Waals surface area contributed by atoms with E-state index in [1.54, 1.807) is 26.0 Å². The maximum atomic E-state index is 12.9. The fourth-order valence-electron chi connectivity index (χ4n) is 2.93. The fraction of sp³-hybridized carbons (Fsp3) is 0.235. The molecule has 4 rings (SSSR count). The zero-order valence-electron chi connectivity index (χ0n) is 14.2. The summed E-state index contributed by atoms with van der Waals surface area (Å²) in [6, 6.07) is 12.2. The molecule has 1 aliphatic rings. The van der Waals surface area contributed by atoms with Crippen LogP contribution in [0.5, 0.6) is 0 Å². The van der Waals surface area contributed by atoms with Gasteiger partial charge in [0.1, 0.15) is 11.5 Å². The second kappa shape index (κ2) is 5.80. The van der Waals surface area contributed by atoms with Gasteiger partial charge < -0.3 is 9.73 Å². The topological polar surface area (TPSA) is 106 Å². The first-order valence-electron chi connectivity index (χ1n) is 8.03. The molecule has 1 fully saturated rings. The van der Waals surface area contributed by atoms with E-state index >= 15 is 0 Å². The van der Waals surface area contributed by atoms with Gasteiger partial charge in [-0.3, -0.25) is 9.69 Å². The number of carbonyl (C=O) groups excluding carboxylic acids is 2. The molecule has 2 aromatic heterocycles. The maximum absolute atomic E-state index is 12.9.